The molecule has 0 radical (unpaired) electrons. The molecule has 0 amide bonds. The van der Waals surface area contributed by atoms with Gasteiger partial charge in [0.25, 0.3) is 0 Å². The zero-order valence-electron chi connectivity index (χ0n) is 8.64. The first-order valence-corrected chi connectivity index (χ1v) is 6.20. The normalized spacial score (nSPS) is 27.9. The minimum atomic E-state index is -0.810. The van der Waals surface area contributed by atoms with Gasteiger partial charge in [0.2, 0.25) is 0 Å². The lowest BCUT2D eigenvalue weighted by atomic mass is 9.82. The van der Waals surface area contributed by atoms with Gasteiger partial charge in [-0.3, -0.25) is 0 Å². The Kier molecular flexibility index (Phi) is 2.29. The number of carboxylic acids is 1. The van der Waals surface area contributed by atoms with E-state index in [1.807, 2.05) is 11.6 Å². The highest BCUT2D eigenvalue weighted by molar-refractivity contribution is 7.09. The predicted octanol–water partition coefficient (Wildman–Crippen LogP) is 0.841. The summed E-state index contributed by atoms with van der Waals surface area (Å²) in [6.45, 7) is 0.477. The van der Waals surface area contributed by atoms with Crippen LogP contribution in [-0.4, -0.2) is 28.6 Å². The van der Waals surface area contributed by atoms with Gasteiger partial charge in [-0.25, -0.2) is 9.78 Å². The monoisotopic (exact) mass is 236 g/mol. The van der Waals surface area contributed by atoms with Gasteiger partial charge in [-0.05, 0) is 18.8 Å². The third kappa shape index (κ3) is 1.56. The van der Waals surface area contributed by atoms with Crippen LogP contribution in [0.5, 0.6) is 0 Å². The largest absolute Gasteiger partial charge is 0.478 e. The van der Waals surface area contributed by atoms with Crippen LogP contribution >= 0.6 is 11.3 Å². The molecule has 2 heterocycles. The predicted molar refractivity (Wildman–Crippen MR) is 60.5 cm³/mol. The number of nitrogens with zero attached hydrogens (tertiary/aromatic N) is 1. The summed E-state index contributed by atoms with van der Waals surface area (Å²) in [6.07, 6.45) is 3.76. The number of rotatable bonds is 1. The van der Waals surface area contributed by atoms with Gasteiger partial charge in [-0.1, -0.05) is 6.08 Å². The molecule has 2 unspecified atom stereocenters. The molecule has 0 saturated carbocycles. The summed E-state index contributed by atoms with van der Waals surface area (Å²) in [5.74, 6) is -0.524. The first kappa shape index (κ1) is 9.99. The maximum absolute atomic E-state index is 10.9. The van der Waals surface area contributed by atoms with Crippen molar-refractivity contribution in [1.29, 1.82) is 0 Å². The minimum Gasteiger partial charge on any atom is -0.478 e. The molecule has 1 aromatic heterocycles. The second-order valence-electron chi connectivity index (χ2n) is 4.28. The van der Waals surface area contributed by atoms with Gasteiger partial charge in [-0.15, -0.1) is 11.3 Å². The lowest BCUT2D eigenvalue weighted by Crippen LogP contribution is -2.45. The summed E-state index contributed by atoms with van der Waals surface area (Å²) >= 11 is 1.70. The molecule has 0 bridgehead atoms. The number of carbonyl (C=O) groups is 1. The van der Waals surface area contributed by atoms with Gasteiger partial charge in [0.05, 0.1) is 11.2 Å². The molecule has 4 nitrogen and oxygen atoms in total. The van der Waals surface area contributed by atoms with E-state index in [0.29, 0.717) is 18.2 Å². The minimum absolute atomic E-state index is 0.287. The fourth-order valence-corrected chi connectivity index (χ4v) is 3.30. The maximum atomic E-state index is 10.9. The van der Waals surface area contributed by atoms with E-state index in [1.54, 1.807) is 11.3 Å². The molecule has 0 aromatic carbocycles. The van der Waals surface area contributed by atoms with Crippen LogP contribution in [0.3, 0.4) is 0 Å². The third-order valence-corrected chi connectivity index (χ3v) is 4.22. The summed E-state index contributed by atoms with van der Waals surface area (Å²) in [4.78, 5) is 16.6. The summed E-state index contributed by atoms with van der Waals surface area (Å²) in [7, 11) is 0. The van der Waals surface area contributed by atoms with Gasteiger partial charge in [0.1, 0.15) is 0 Å². The van der Waals surface area contributed by atoms with Crippen LogP contribution in [0.2, 0.25) is 0 Å². The fraction of sp³-hybridized carbons (Fsp3) is 0.455. The van der Waals surface area contributed by atoms with Gasteiger partial charge >= 0.3 is 5.97 Å². The number of thiazole rings is 1. The van der Waals surface area contributed by atoms with Crippen LogP contribution < -0.4 is 5.32 Å². The molecule has 0 saturated heterocycles. The summed E-state index contributed by atoms with van der Waals surface area (Å²) in [5.41, 5.74) is 3.51. The van der Waals surface area contributed by atoms with Crippen molar-refractivity contribution in [3.63, 3.8) is 0 Å². The van der Waals surface area contributed by atoms with E-state index in [-0.39, 0.29) is 5.92 Å². The Hall–Kier alpha value is -1.20. The molecule has 0 fully saturated rings. The summed E-state index contributed by atoms with van der Waals surface area (Å²) < 4.78 is 0. The number of aromatic nitrogens is 1. The molecular weight excluding hydrogens is 224 g/mol. The van der Waals surface area contributed by atoms with E-state index in [1.165, 1.54) is 4.88 Å². The molecule has 3 rings (SSSR count). The van der Waals surface area contributed by atoms with Crippen molar-refractivity contribution in [3.05, 3.63) is 27.7 Å². The van der Waals surface area contributed by atoms with Crippen molar-refractivity contribution >= 4 is 17.3 Å². The number of nitrogens with one attached hydrogen (secondary N) is 1. The third-order valence-electron chi connectivity index (χ3n) is 3.32. The highest BCUT2D eigenvalue weighted by Crippen LogP contribution is 2.31. The van der Waals surface area contributed by atoms with E-state index in [0.717, 1.165) is 18.5 Å². The standard InChI is InChI=1S/C11H12N2O2S/c14-11(15)7-1-6-2-9-10(16-5-13-9)3-8(6)12-4-7/h1,5-6,8,12H,2-4H2,(H,14,15). The number of aliphatic carboxylic acids is 1. The topological polar surface area (TPSA) is 62.2 Å². The Labute approximate surface area is 97.0 Å². The first-order valence-electron chi connectivity index (χ1n) is 5.32. The van der Waals surface area contributed by atoms with Crippen LogP contribution in [0.1, 0.15) is 10.6 Å². The van der Waals surface area contributed by atoms with E-state index in [4.69, 9.17) is 5.11 Å². The molecule has 2 atom stereocenters. The lowest BCUT2D eigenvalue weighted by Gasteiger charge is -2.33. The Balaban J connectivity index is 1.90. The fourth-order valence-electron chi connectivity index (χ4n) is 2.45. The zero-order valence-corrected chi connectivity index (χ0v) is 9.46. The molecule has 0 spiro atoms. The average molecular weight is 236 g/mol. The molecule has 2 N–H and O–H groups in total. The van der Waals surface area contributed by atoms with Crippen LogP contribution in [0, 0.1) is 5.92 Å². The van der Waals surface area contributed by atoms with Gasteiger partial charge in [-0.2, -0.15) is 0 Å². The molecule has 1 aliphatic carbocycles. The molecular formula is C11H12N2O2S. The second-order valence-corrected chi connectivity index (χ2v) is 5.22. The van der Waals surface area contributed by atoms with Crippen LogP contribution in [-0.2, 0) is 17.6 Å². The van der Waals surface area contributed by atoms with Gasteiger partial charge in [0.15, 0.2) is 0 Å². The van der Waals surface area contributed by atoms with Crippen molar-refractivity contribution in [3.8, 4) is 0 Å². The van der Waals surface area contributed by atoms with Crippen LogP contribution in [0.25, 0.3) is 0 Å². The van der Waals surface area contributed by atoms with Crippen molar-refractivity contribution < 1.29 is 9.90 Å². The second kappa shape index (κ2) is 3.68. The molecule has 2 aliphatic rings. The number of fused-ring (bicyclic) bond motifs is 2. The van der Waals surface area contributed by atoms with Gasteiger partial charge in [0, 0.05) is 23.0 Å². The molecule has 16 heavy (non-hydrogen) atoms. The highest BCUT2D eigenvalue weighted by atomic mass is 32.1. The van der Waals surface area contributed by atoms with E-state index >= 15 is 0 Å². The average Bonchev–Trinajstić information content (AvgIpc) is 2.71. The lowest BCUT2D eigenvalue weighted by molar-refractivity contribution is -0.132. The van der Waals surface area contributed by atoms with Crippen LogP contribution in [0.15, 0.2) is 17.2 Å². The van der Waals surface area contributed by atoms with Crippen molar-refractivity contribution in [2.75, 3.05) is 6.54 Å². The Morgan fingerprint density at radius 3 is 3.25 bits per heavy atom. The van der Waals surface area contributed by atoms with E-state index < -0.39 is 5.97 Å². The Bertz CT molecular complexity index is 466. The summed E-state index contributed by atoms with van der Waals surface area (Å²) in [6, 6.07) is 0.385. The SMILES string of the molecule is O=C(O)C1=CC2Cc3ncsc3CC2NC1. The van der Waals surface area contributed by atoms with Crippen molar-refractivity contribution in [1.82, 2.24) is 10.3 Å². The Morgan fingerprint density at radius 2 is 2.44 bits per heavy atom. The number of hydrogen-bond acceptors (Lipinski definition) is 4. The molecule has 1 aliphatic heterocycles. The smallest absolute Gasteiger partial charge is 0.332 e. The van der Waals surface area contributed by atoms with E-state index in [9.17, 15) is 4.79 Å². The quantitative estimate of drug-likeness (QED) is 0.758. The van der Waals surface area contributed by atoms with Crippen LogP contribution in [0.4, 0.5) is 0 Å². The zero-order chi connectivity index (χ0) is 11.1. The highest BCUT2D eigenvalue weighted by Gasteiger charge is 2.32. The van der Waals surface area contributed by atoms with E-state index in [2.05, 4.69) is 10.3 Å². The van der Waals surface area contributed by atoms with Gasteiger partial charge < -0.3 is 10.4 Å². The molecule has 1 aromatic rings. The molecule has 84 valence electrons. The first-order chi connectivity index (χ1) is 7.74. The molecule has 5 heteroatoms. The maximum Gasteiger partial charge on any atom is 0.332 e. The number of carboxylic acid groups (broad SMARTS) is 1. The number of hydrogen-bond donors (Lipinski definition) is 2. The van der Waals surface area contributed by atoms with Crippen molar-refractivity contribution in [2.24, 2.45) is 5.92 Å². The Morgan fingerprint density at radius 1 is 1.56 bits per heavy atom. The van der Waals surface area contributed by atoms with Crippen molar-refractivity contribution in [2.45, 2.75) is 18.9 Å². The summed E-state index contributed by atoms with van der Waals surface area (Å²) in [5, 5.41) is 12.3.